The highest BCUT2D eigenvalue weighted by atomic mass is 35.5. The Morgan fingerprint density at radius 1 is 0.954 bits per heavy atom. The lowest BCUT2D eigenvalue weighted by atomic mass is 9.49. The van der Waals surface area contributed by atoms with Gasteiger partial charge in [0.15, 0.2) is 0 Å². The monoisotopic (exact) mass is 911 g/mol. The number of nitrogens with one attached hydrogen (secondary N) is 4. The van der Waals surface area contributed by atoms with Gasteiger partial charge in [0.25, 0.3) is 5.91 Å². The SMILES string of the molecule is COc1cc(C#N)ccc1CNC(=O)[C@@H]1C[C@@H](O)CN1C(=O)[C@@H](NC(=O)COCCCCCNc1ccc(C(=O)N[C@H]2C(C)(C)[C@H](Oc3ccc(C#N)c(Cl)c3)C2(C)C)cc1)C(C)(C)C. The van der Waals surface area contributed by atoms with Crippen LogP contribution in [-0.4, -0.2) is 97.4 Å². The predicted octanol–water partition coefficient (Wildman–Crippen LogP) is 6.11. The summed E-state index contributed by atoms with van der Waals surface area (Å²) in [7, 11) is 1.47. The highest BCUT2D eigenvalue weighted by molar-refractivity contribution is 6.31. The number of likely N-dealkylation sites (tertiary alicyclic amines) is 1. The number of amides is 4. The number of unbranched alkanes of at least 4 members (excludes halogenated alkanes) is 2. The summed E-state index contributed by atoms with van der Waals surface area (Å²) in [6.07, 6.45) is 1.33. The highest BCUT2D eigenvalue weighted by Crippen LogP contribution is 2.55. The van der Waals surface area contributed by atoms with E-state index in [4.69, 9.17) is 25.8 Å². The molecule has 0 spiro atoms. The second-order valence-electron chi connectivity index (χ2n) is 19.0. The fourth-order valence-corrected chi connectivity index (χ4v) is 9.25. The molecule has 1 saturated carbocycles. The van der Waals surface area contributed by atoms with Crippen molar-refractivity contribution in [2.75, 3.05) is 38.7 Å². The number of carbonyl (C=O) groups is 4. The first-order valence-electron chi connectivity index (χ1n) is 21.9. The van der Waals surface area contributed by atoms with Gasteiger partial charge >= 0.3 is 0 Å². The summed E-state index contributed by atoms with van der Waals surface area (Å²) in [5.74, 6) is -0.545. The Balaban J connectivity index is 1.00. The van der Waals surface area contributed by atoms with Crippen LogP contribution in [-0.2, 0) is 25.7 Å². The zero-order valence-corrected chi connectivity index (χ0v) is 39.3. The zero-order chi connectivity index (χ0) is 47.7. The molecule has 1 aliphatic carbocycles. The Hall–Kier alpha value is -5.87. The van der Waals surface area contributed by atoms with Crippen molar-refractivity contribution < 1.29 is 38.5 Å². The molecule has 4 amide bonds. The van der Waals surface area contributed by atoms with Gasteiger partial charge in [0.05, 0.1) is 35.4 Å². The van der Waals surface area contributed by atoms with Crippen LogP contribution in [0, 0.1) is 38.9 Å². The first kappa shape index (κ1) is 50.1. The van der Waals surface area contributed by atoms with E-state index in [2.05, 4.69) is 55.0 Å². The Labute approximate surface area is 387 Å². The molecule has 3 aromatic rings. The maximum Gasteiger partial charge on any atom is 0.251 e. The smallest absolute Gasteiger partial charge is 0.251 e. The van der Waals surface area contributed by atoms with Gasteiger partial charge < -0.3 is 45.5 Å². The van der Waals surface area contributed by atoms with Crippen molar-refractivity contribution in [2.45, 2.75) is 111 Å². The molecule has 0 unspecified atom stereocenters. The number of nitrogens with zero attached hydrogens (tertiary/aromatic N) is 3. The molecule has 3 atom stereocenters. The van der Waals surface area contributed by atoms with E-state index in [-0.39, 0.29) is 55.0 Å². The number of carbonyl (C=O) groups excluding carboxylic acids is 4. The van der Waals surface area contributed by atoms with Crippen molar-refractivity contribution >= 4 is 40.9 Å². The Kier molecular flexibility index (Phi) is 16.5. The molecule has 3 aromatic carbocycles. The van der Waals surface area contributed by atoms with Gasteiger partial charge in [0.1, 0.15) is 42.4 Å². The van der Waals surface area contributed by atoms with Crippen molar-refractivity contribution in [1.82, 2.24) is 20.9 Å². The van der Waals surface area contributed by atoms with Gasteiger partial charge in [-0.05, 0) is 73.2 Å². The van der Waals surface area contributed by atoms with Crippen LogP contribution in [0.2, 0.25) is 5.02 Å². The third-order valence-electron chi connectivity index (χ3n) is 12.3. The topological polar surface area (TPSA) is 215 Å². The number of ether oxygens (including phenoxy) is 3. The zero-order valence-electron chi connectivity index (χ0n) is 38.5. The summed E-state index contributed by atoms with van der Waals surface area (Å²) < 4.78 is 17.4. The predicted molar refractivity (Wildman–Crippen MR) is 246 cm³/mol. The van der Waals surface area contributed by atoms with Crippen LogP contribution in [0.1, 0.15) is 101 Å². The number of β-amino-alcohol motifs (C(OH)–C–C–N with tert-alkyl or cyclic N) is 1. The Bertz CT molecular complexity index is 2260. The molecule has 1 aliphatic heterocycles. The molecule has 2 aliphatic rings. The van der Waals surface area contributed by atoms with Gasteiger partial charge in [-0.15, -0.1) is 0 Å². The van der Waals surface area contributed by atoms with E-state index in [0.29, 0.717) is 58.3 Å². The average molecular weight is 913 g/mol. The summed E-state index contributed by atoms with van der Waals surface area (Å²) in [4.78, 5) is 55.0. The molecule has 16 heteroatoms. The highest BCUT2D eigenvalue weighted by Gasteiger charge is 2.64. The summed E-state index contributed by atoms with van der Waals surface area (Å²) in [5, 5.41) is 41.5. The first-order valence-corrected chi connectivity index (χ1v) is 22.3. The number of methoxy groups -OCH3 is 1. The van der Waals surface area contributed by atoms with Gasteiger partial charge in [-0.1, -0.05) is 66.1 Å². The molecule has 5 rings (SSSR count). The van der Waals surface area contributed by atoms with Crippen LogP contribution in [0.4, 0.5) is 5.69 Å². The number of hydrogen-bond donors (Lipinski definition) is 5. The summed E-state index contributed by atoms with van der Waals surface area (Å²) >= 11 is 6.23. The quantitative estimate of drug-likeness (QED) is 0.0865. The third-order valence-corrected chi connectivity index (χ3v) is 12.6. The largest absolute Gasteiger partial charge is 0.496 e. The van der Waals surface area contributed by atoms with Crippen LogP contribution in [0.25, 0.3) is 0 Å². The molecule has 2 fully saturated rings. The van der Waals surface area contributed by atoms with Gasteiger partial charge in [-0.3, -0.25) is 19.2 Å². The van der Waals surface area contributed by atoms with E-state index in [0.717, 1.165) is 18.5 Å². The van der Waals surface area contributed by atoms with E-state index in [9.17, 15) is 34.8 Å². The van der Waals surface area contributed by atoms with Gasteiger partial charge in [0, 0.05) is 72.4 Å². The van der Waals surface area contributed by atoms with E-state index in [1.165, 1.54) is 12.0 Å². The van der Waals surface area contributed by atoms with E-state index in [1.54, 1.807) is 48.5 Å². The fourth-order valence-electron chi connectivity index (χ4n) is 9.04. The summed E-state index contributed by atoms with van der Waals surface area (Å²) in [6.45, 7) is 14.5. The minimum atomic E-state index is -0.981. The maximum atomic E-state index is 13.9. The minimum Gasteiger partial charge on any atom is -0.496 e. The Morgan fingerprint density at radius 2 is 1.66 bits per heavy atom. The van der Waals surface area contributed by atoms with Crippen LogP contribution in [0.5, 0.6) is 11.5 Å². The fraction of sp³-hybridized carbons (Fsp3) is 0.510. The normalized spacial score (nSPS) is 20.0. The molecule has 15 nitrogen and oxygen atoms in total. The number of halogens is 1. The van der Waals surface area contributed by atoms with E-state index >= 15 is 0 Å². The molecule has 1 saturated heterocycles. The lowest BCUT2D eigenvalue weighted by molar-refractivity contribution is -0.164. The number of rotatable bonds is 19. The maximum absolute atomic E-state index is 13.9. The lowest BCUT2D eigenvalue weighted by Gasteiger charge is -2.63. The number of aliphatic hydroxyl groups excluding tert-OH is 1. The lowest BCUT2D eigenvalue weighted by Crippen LogP contribution is -2.74. The Morgan fingerprint density at radius 3 is 2.29 bits per heavy atom. The molecule has 5 N–H and O–H groups in total. The first-order chi connectivity index (χ1) is 30.7. The number of anilines is 1. The van der Waals surface area contributed by atoms with Gasteiger partial charge in [-0.25, -0.2) is 0 Å². The molecular formula is C49H62ClN7O8. The van der Waals surface area contributed by atoms with Crippen LogP contribution in [0.15, 0.2) is 60.7 Å². The summed E-state index contributed by atoms with van der Waals surface area (Å²) in [6, 6.07) is 19.3. The van der Waals surface area contributed by atoms with E-state index in [1.807, 2.05) is 39.0 Å². The van der Waals surface area contributed by atoms with Crippen LogP contribution < -0.4 is 30.7 Å². The number of hydrogen-bond acceptors (Lipinski definition) is 11. The minimum absolute atomic E-state index is 0.0493. The molecule has 65 heavy (non-hydrogen) atoms. The van der Waals surface area contributed by atoms with Crippen molar-refractivity contribution in [1.29, 1.82) is 10.5 Å². The average Bonchev–Trinajstić information content (AvgIpc) is 3.67. The van der Waals surface area contributed by atoms with Gasteiger partial charge in [-0.2, -0.15) is 10.5 Å². The van der Waals surface area contributed by atoms with Crippen molar-refractivity contribution in [3.63, 3.8) is 0 Å². The second kappa shape index (κ2) is 21.4. The number of aliphatic hydroxyl groups is 1. The number of benzene rings is 3. The van der Waals surface area contributed by atoms with Crippen LogP contribution in [0.3, 0.4) is 0 Å². The molecular weight excluding hydrogens is 850 g/mol. The number of nitriles is 2. The van der Waals surface area contributed by atoms with E-state index < -0.39 is 41.3 Å². The second-order valence-corrected chi connectivity index (χ2v) is 19.4. The van der Waals surface area contributed by atoms with Crippen LogP contribution >= 0.6 is 11.6 Å². The van der Waals surface area contributed by atoms with Crippen molar-refractivity contribution in [3.05, 3.63) is 87.9 Å². The van der Waals surface area contributed by atoms with Crippen molar-refractivity contribution in [3.8, 4) is 23.6 Å². The molecule has 348 valence electrons. The third kappa shape index (κ3) is 12.3. The summed E-state index contributed by atoms with van der Waals surface area (Å²) in [5.41, 5.74) is 1.40. The standard InChI is InChI=1S/C49H62ClN7O8/c1-47(2,3)41(44(62)57-28-35(58)23-38(57)43(61)54-27-33-13-12-30(25-51)22-39(33)63-8)55-40(59)29-64-21-11-9-10-20-53-34-17-14-31(15-18-34)42(60)56-45-48(4,5)46(49(45,6)7)65-36-19-16-32(26-52)37(50)24-36/h12-19,22,24,35,38,41,45-46,53,58H,9-11,20-21,23,27-29H2,1-8H3,(H,54,61)(H,55,59)(H,56,60)/t35-,38+,41-,45-,46-/m1/s1. The molecule has 0 aromatic heterocycles. The molecule has 1 heterocycles. The molecule has 0 bridgehead atoms. The van der Waals surface area contributed by atoms with Crippen molar-refractivity contribution in [2.24, 2.45) is 16.2 Å². The van der Waals surface area contributed by atoms with Gasteiger partial charge in [0.2, 0.25) is 17.7 Å². The molecule has 0 radical (unpaired) electrons.